The molecule has 0 aliphatic rings. The molecule has 0 saturated heterocycles. The first kappa shape index (κ1) is 20.1. The molecule has 0 aliphatic carbocycles. The van der Waals surface area contributed by atoms with Gasteiger partial charge in [-0.05, 0) is 48.9 Å². The zero-order valence-corrected chi connectivity index (χ0v) is 18.3. The van der Waals surface area contributed by atoms with Crippen molar-refractivity contribution in [1.29, 1.82) is 0 Å². The molecule has 8 heteroatoms. The lowest BCUT2D eigenvalue weighted by molar-refractivity contribution is 0.0600. The van der Waals surface area contributed by atoms with Crippen molar-refractivity contribution in [3.8, 4) is 11.3 Å². The summed E-state index contributed by atoms with van der Waals surface area (Å²) >= 11 is 6.15. The molecule has 3 aromatic heterocycles. The second-order valence-corrected chi connectivity index (χ2v) is 7.94. The molecule has 0 bridgehead atoms. The maximum atomic E-state index is 12.1. The molecule has 2 aromatic carbocycles. The van der Waals surface area contributed by atoms with Crippen molar-refractivity contribution < 1.29 is 9.53 Å². The Morgan fingerprint density at radius 1 is 1.19 bits per heavy atom. The zero-order chi connectivity index (χ0) is 22.2. The Morgan fingerprint density at radius 2 is 2.06 bits per heavy atom. The molecule has 0 spiro atoms. The number of nitrogens with one attached hydrogen (secondary N) is 2. The van der Waals surface area contributed by atoms with Crippen LogP contribution >= 0.6 is 11.6 Å². The lowest BCUT2D eigenvalue weighted by Crippen LogP contribution is -2.06. The first-order chi connectivity index (χ1) is 15.5. The Morgan fingerprint density at radius 3 is 2.88 bits per heavy atom. The van der Waals surface area contributed by atoms with Crippen LogP contribution < -0.4 is 5.32 Å². The molecular formula is C24H20ClN5O2. The summed E-state index contributed by atoms with van der Waals surface area (Å²) in [5, 5.41) is 12.5. The van der Waals surface area contributed by atoms with Gasteiger partial charge in [0, 0.05) is 28.7 Å². The second-order valence-electron chi connectivity index (χ2n) is 7.50. The molecule has 0 saturated carbocycles. The van der Waals surface area contributed by atoms with E-state index < -0.39 is 5.97 Å². The number of ether oxygens (including phenoxy) is 1. The third-order valence-corrected chi connectivity index (χ3v) is 5.65. The number of hydrogen-bond donors (Lipinski definition) is 2. The van der Waals surface area contributed by atoms with Crippen molar-refractivity contribution in [3.05, 3.63) is 82.6 Å². The van der Waals surface area contributed by atoms with E-state index in [0.717, 1.165) is 39.2 Å². The topological polar surface area (TPSA) is 84.3 Å². The number of H-pyrrole nitrogens is 1. The zero-order valence-electron chi connectivity index (χ0n) is 17.5. The van der Waals surface area contributed by atoms with E-state index in [9.17, 15) is 4.79 Å². The number of aryl methyl sites for hydroxylation is 1. The van der Waals surface area contributed by atoms with Crippen LogP contribution in [0.3, 0.4) is 0 Å². The van der Waals surface area contributed by atoms with Crippen LogP contribution in [0.2, 0.25) is 5.02 Å². The van der Waals surface area contributed by atoms with Gasteiger partial charge in [-0.3, -0.25) is 9.50 Å². The predicted molar refractivity (Wildman–Crippen MR) is 125 cm³/mol. The number of nitrogens with zero attached hydrogens (tertiary/aromatic N) is 3. The Kier molecular flexibility index (Phi) is 5.03. The number of aromatic amines is 1. The first-order valence-electron chi connectivity index (χ1n) is 10.1. The lowest BCUT2D eigenvalue weighted by atomic mass is 10.1. The molecule has 3 heterocycles. The summed E-state index contributed by atoms with van der Waals surface area (Å²) in [6, 6.07) is 17.3. The second kappa shape index (κ2) is 8.01. The van der Waals surface area contributed by atoms with E-state index in [1.54, 1.807) is 12.3 Å². The Hall–Kier alpha value is -3.84. The number of fused-ring (bicyclic) bond motifs is 2. The average molecular weight is 446 g/mol. The molecule has 32 heavy (non-hydrogen) atoms. The normalized spacial score (nSPS) is 11.2. The van der Waals surface area contributed by atoms with Crippen LogP contribution in [0.1, 0.15) is 21.6 Å². The van der Waals surface area contributed by atoms with Crippen molar-refractivity contribution in [2.24, 2.45) is 0 Å². The number of halogens is 1. The van der Waals surface area contributed by atoms with Crippen LogP contribution in [-0.4, -0.2) is 32.7 Å². The van der Waals surface area contributed by atoms with Gasteiger partial charge in [0.25, 0.3) is 0 Å². The number of carbonyl (C=O) groups is 1. The van der Waals surface area contributed by atoms with Crippen molar-refractivity contribution in [3.63, 3.8) is 0 Å². The minimum Gasteiger partial charge on any atom is -0.465 e. The van der Waals surface area contributed by atoms with Crippen molar-refractivity contribution in [2.45, 2.75) is 13.5 Å². The van der Waals surface area contributed by atoms with Gasteiger partial charge in [0.1, 0.15) is 17.2 Å². The van der Waals surface area contributed by atoms with Crippen LogP contribution in [0.15, 0.2) is 60.8 Å². The number of benzene rings is 2. The van der Waals surface area contributed by atoms with E-state index in [1.165, 1.54) is 7.11 Å². The van der Waals surface area contributed by atoms with E-state index >= 15 is 0 Å². The summed E-state index contributed by atoms with van der Waals surface area (Å²) in [5.74, 6) is 0.365. The van der Waals surface area contributed by atoms with E-state index in [2.05, 4.69) is 21.6 Å². The van der Waals surface area contributed by atoms with E-state index in [1.807, 2.05) is 53.8 Å². The Balaban J connectivity index is 1.65. The lowest BCUT2D eigenvalue weighted by Gasteiger charge is -2.10. The Labute approximate surface area is 189 Å². The summed E-state index contributed by atoms with van der Waals surface area (Å²) in [6.45, 7) is 2.50. The largest absolute Gasteiger partial charge is 0.465 e. The highest BCUT2D eigenvalue weighted by Gasteiger charge is 2.17. The minimum absolute atomic E-state index is 0.404. The monoisotopic (exact) mass is 445 g/mol. The first-order valence-corrected chi connectivity index (χ1v) is 10.4. The van der Waals surface area contributed by atoms with Crippen LogP contribution in [0.25, 0.3) is 27.8 Å². The van der Waals surface area contributed by atoms with Crippen molar-refractivity contribution >= 4 is 39.9 Å². The minimum atomic E-state index is -0.404. The van der Waals surface area contributed by atoms with Gasteiger partial charge < -0.3 is 10.1 Å². The highest BCUT2D eigenvalue weighted by molar-refractivity contribution is 6.30. The third-order valence-electron chi connectivity index (χ3n) is 5.42. The molecule has 2 N–H and O–H groups in total. The number of rotatable bonds is 5. The molecule has 0 amide bonds. The molecule has 0 unspecified atom stereocenters. The number of esters is 1. The number of aromatic nitrogens is 4. The molecule has 0 radical (unpaired) electrons. The standard InChI is InChI=1S/C24H20ClN5O2/c1-14-19-11-16(6-8-20(19)29-28-14)22-23(26-12-15-4-3-5-18(25)10-15)30-13-17(24(31)32-2)7-9-21(30)27-22/h3-11,13,26H,12H2,1-2H3,(H,28,29). The molecule has 160 valence electrons. The van der Waals surface area contributed by atoms with Gasteiger partial charge in [-0.25, -0.2) is 9.78 Å². The highest BCUT2D eigenvalue weighted by atomic mass is 35.5. The SMILES string of the molecule is COC(=O)c1ccc2nc(-c3ccc4[nH]nc(C)c4c3)c(NCc3cccc(Cl)c3)n2c1. The number of hydrogen-bond acceptors (Lipinski definition) is 5. The van der Waals surface area contributed by atoms with Gasteiger partial charge in [0.2, 0.25) is 0 Å². The van der Waals surface area contributed by atoms with E-state index in [-0.39, 0.29) is 0 Å². The summed E-state index contributed by atoms with van der Waals surface area (Å²) in [7, 11) is 1.37. The highest BCUT2D eigenvalue weighted by Crippen LogP contribution is 2.32. The average Bonchev–Trinajstić information content (AvgIpc) is 3.36. The summed E-state index contributed by atoms with van der Waals surface area (Å²) < 4.78 is 6.77. The maximum absolute atomic E-state index is 12.1. The fourth-order valence-electron chi connectivity index (χ4n) is 3.78. The van der Waals surface area contributed by atoms with E-state index in [0.29, 0.717) is 22.8 Å². The van der Waals surface area contributed by atoms with Crippen molar-refractivity contribution in [1.82, 2.24) is 19.6 Å². The fraction of sp³-hybridized carbons (Fsp3) is 0.125. The van der Waals surface area contributed by atoms with Gasteiger partial charge in [0.05, 0.1) is 23.9 Å². The molecule has 0 aliphatic heterocycles. The molecule has 0 atom stereocenters. The molecular weight excluding hydrogens is 426 g/mol. The number of methoxy groups -OCH3 is 1. The number of carbonyl (C=O) groups excluding carboxylic acids is 1. The van der Waals surface area contributed by atoms with Crippen LogP contribution in [0.5, 0.6) is 0 Å². The van der Waals surface area contributed by atoms with Gasteiger partial charge in [-0.1, -0.05) is 29.8 Å². The van der Waals surface area contributed by atoms with Gasteiger partial charge in [0.15, 0.2) is 0 Å². The fourth-order valence-corrected chi connectivity index (χ4v) is 3.99. The molecule has 5 rings (SSSR count). The molecule has 0 fully saturated rings. The molecule has 5 aromatic rings. The van der Waals surface area contributed by atoms with Crippen LogP contribution in [0.4, 0.5) is 5.82 Å². The third kappa shape index (κ3) is 3.56. The number of pyridine rings is 1. The summed E-state index contributed by atoms with van der Waals surface area (Å²) in [5.41, 5.74) is 5.80. The predicted octanol–water partition coefficient (Wildman–Crippen LogP) is 5.24. The number of imidazole rings is 1. The number of anilines is 1. The Bertz CT molecular complexity index is 1470. The summed E-state index contributed by atoms with van der Waals surface area (Å²) in [6.07, 6.45) is 1.74. The van der Waals surface area contributed by atoms with Crippen molar-refractivity contribution in [2.75, 3.05) is 12.4 Å². The van der Waals surface area contributed by atoms with Gasteiger partial charge in [-0.2, -0.15) is 5.10 Å². The van der Waals surface area contributed by atoms with E-state index in [4.69, 9.17) is 21.3 Å². The summed E-state index contributed by atoms with van der Waals surface area (Å²) in [4.78, 5) is 17.0. The molecule has 7 nitrogen and oxygen atoms in total. The quantitative estimate of drug-likeness (QED) is 0.361. The van der Waals surface area contributed by atoms with Gasteiger partial charge in [-0.15, -0.1) is 0 Å². The van der Waals surface area contributed by atoms with Gasteiger partial charge >= 0.3 is 5.97 Å². The van der Waals surface area contributed by atoms with Crippen LogP contribution in [-0.2, 0) is 11.3 Å². The smallest absolute Gasteiger partial charge is 0.339 e. The maximum Gasteiger partial charge on any atom is 0.339 e. The van der Waals surface area contributed by atoms with Crippen LogP contribution in [0, 0.1) is 6.92 Å².